The van der Waals surface area contributed by atoms with E-state index in [0.29, 0.717) is 26.5 Å². The smallest absolute Gasteiger partial charge is 0.264 e. The molecule has 2 N–H and O–H groups in total. The topological polar surface area (TPSA) is 50.4 Å². The molecule has 0 aliphatic rings. The first-order valence-electron chi connectivity index (χ1n) is 6.38. The molecule has 23 heavy (non-hydrogen) atoms. The molecule has 0 aliphatic heterocycles. The summed E-state index contributed by atoms with van der Waals surface area (Å²) in [7, 11) is 0. The average Bonchev–Trinajstić information content (AvgIpc) is 2.48. The average molecular weight is 390 g/mol. The first-order chi connectivity index (χ1) is 10.9. The lowest BCUT2D eigenvalue weighted by Gasteiger charge is -2.11. The van der Waals surface area contributed by atoms with Crippen LogP contribution in [-0.4, -0.2) is 17.6 Å². The fraction of sp³-hybridized carbons (Fsp3) is 0.0667. The fourth-order valence-electron chi connectivity index (χ4n) is 1.59. The number of anilines is 1. The molecule has 0 saturated carbocycles. The number of hydrogen-bond acceptors (Lipinski definition) is 3. The van der Waals surface area contributed by atoms with Crippen molar-refractivity contribution >= 4 is 63.7 Å². The van der Waals surface area contributed by atoms with Crippen LogP contribution in [0, 0.1) is 0 Å². The highest BCUT2D eigenvalue weighted by Gasteiger charge is 2.08. The first kappa shape index (κ1) is 17.8. The Kier molecular flexibility index (Phi) is 6.47. The molecule has 0 aromatic heterocycles. The van der Waals surface area contributed by atoms with Crippen LogP contribution < -0.4 is 15.4 Å². The van der Waals surface area contributed by atoms with Crippen LogP contribution in [0.5, 0.6) is 5.75 Å². The normalized spacial score (nSPS) is 10.0. The fourth-order valence-corrected chi connectivity index (χ4v) is 2.41. The minimum Gasteiger partial charge on any atom is -0.482 e. The summed E-state index contributed by atoms with van der Waals surface area (Å²) in [6.45, 7) is -0.232. The molecule has 0 aliphatic carbocycles. The van der Waals surface area contributed by atoms with Gasteiger partial charge in [-0.25, -0.2) is 0 Å². The Morgan fingerprint density at radius 1 is 1.04 bits per heavy atom. The summed E-state index contributed by atoms with van der Waals surface area (Å²) in [6.07, 6.45) is 0. The molecular weight excluding hydrogens is 379 g/mol. The molecule has 0 heterocycles. The summed E-state index contributed by atoms with van der Waals surface area (Å²) >= 11 is 22.6. The number of benzene rings is 2. The van der Waals surface area contributed by atoms with Crippen LogP contribution in [0.1, 0.15) is 0 Å². The number of amides is 1. The van der Waals surface area contributed by atoms with Gasteiger partial charge < -0.3 is 10.1 Å². The number of hydrogen-bond donors (Lipinski definition) is 2. The predicted octanol–water partition coefficient (Wildman–Crippen LogP) is 4.54. The van der Waals surface area contributed by atoms with E-state index in [0.717, 1.165) is 0 Å². The van der Waals surface area contributed by atoms with Crippen LogP contribution >= 0.6 is 47.0 Å². The van der Waals surface area contributed by atoms with Crippen molar-refractivity contribution in [2.45, 2.75) is 0 Å². The molecular formula is C15H11Cl3N2O2S. The van der Waals surface area contributed by atoms with Crippen molar-refractivity contribution < 1.29 is 9.53 Å². The van der Waals surface area contributed by atoms with E-state index in [1.807, 2.05) is 0 Å². The molecule has 0 fully saturated rings. The van der Waals surface area contributed by atoms with Crippen LogP contribution in [-0.2, 0) is 4.79 Å². The molecule has 120 valence electrons. The minimum atomic E-state index is -0.414. The summed E-state index contributed by atoms with van der Waals surface area (Å²) in [6, 6.07) is 11.6. The van der Waals surface area contributed by atoms with Gasteiger partial charge in [0.2, 0.25) is 0 Å². The van der Waals surface area contributed by atoms with Gasteiger partial charge in [0.1, 0.15) is 5.75 Å². The van der Waals surface area contributed by atoms with E-state index < -0.39 is 5.91 Å². The zero-order valence-electron chi connectivity index (χ0n) is 11.6. The van der Waals surface area contributed by atoms with Gasteiger partial charge in [-0.15, -0.1) is 0 Å². The Morgan fingerprint density at radius 3 is 2.35 bits per heavy atom. The van der Waals surface area contributed by atoms with Crippen LogP contribution in [0.4, 0.5) is 5.69 Å². The number of carbonyl (C=O) groups is 1. The quantitative estimate of drug-likeness (QED) is 0.754. The summed E-state index contributed by atoms with van der Waals surface area (Å²) in [5.41, 5.74) is 0.710. The van der Waals surface area contributed by atoms with Crippen molar-refractivity contribution in [1.82, 2.24) is 5.32 Å². The third kappa shape index (κ3) is 5.88. The van der Waals surface area contributed by atoms with E-state index >= 15 is 0 Å². The predicted molar refractivity (Wildman–Crippen MR) is 97.8 cm³/mol. The highest BCUT2D eigenvalue weighted by molar-refractivity contribution is 7.80. The third-order valence-corrected chi connectivity index (χ3v) is 3.59. The van der Waals surface area contributed by atoms with E-state index in [2.05, 4.69) is 10.6 Å². The van der Waals surface area contributed by atoms with Gasteiger partial charge in [-0.3, -0.25) is 10.1 Å². The van der Waals surface area contributed by atoms with Gasteiger partial charge in [-0.05, 0) is 54.7 Å². The lowest BCUT2D eigenvalue weighted by molar-refractivity contribution is -0.121. The van der Waals surface area contributed by atoms with E-state index in [-0.39, 0.29) is 11.7 Å². The summed E-state index contributed by atoms with van der Waals surface area (Å²) < 4.78 is 5.31. The Bertz CT molecular complexity index is 723. The van der Waals surface area contributed by atoms with Crippen LogP contribution in [0.3, 0.4) is 0 Å². The van der Waals surface area contributed by atoms with Crippen molar-refractivity contribution in [3.63, 3.8) is 0 Å². The van der Waals surface area contributed by atoms with Crippen molar-refractivity contribution in [3.05, 3.63) is 57.5 Å². The highest BCUT2D eigenvalue weighted by Crippen LogP contribution is 2.27. The second-order valence-corrected chi connectivity index (χ2v) is 6.06. The number of thiocarbonyl (C=S) groups is 1. The Labute approximate surface area is 153 Å². The summed E-state index contributed by atoms with van der Waals surface area (Å²) in [5, 5.41) is 6.94. The maximum Gasteiger partial charge on any atom is 0.264 e. The molecule has 2 aromatic rings. The van der Waals surface area contributed by atoms with Gasteiger partial charge in [-0.2, -0.15) is 0 Å². The van der Waals surface area contributed by atoms with Crippen molar-refractivity contribution in [3.8, 4) is 5.75 Å². The van der Waals surface area contributed by atoms with Gasteiger partial charge in [-0.1, -0.05) is 34.8 Å². The molecule has 0 spiro atoms. The second-order valence-electron chi connectivity index (χ2n) is 4.37. The monoisotopic (exact) mass is 388 g/mol. The molecule has 2 rings (SSSR count). The van der Waals surface area contributed by atoms with E-state index in [4.69, 9.17) is 51.8 Å². The van der Waals surface area contributed by atoms with Gasteiger partial charge in [0.25, 0.3) is 5.91 Å². The third-order valence-electron chi connectivity index (χ3n) is 2.61. The van der Waals surface area contributed by atoms with Crippen molar-refractivity contribution in [1.29, 1.82) is 0 Å². The van der Waals surface area contributed by atoms with Gasteiger partial charge >= 0.3 is 0 Å². The van der Waals surface area contributed by atoms with Crippen molar-refractivity contribution in [2.75, 3.05) is 11.9 Å². The van der Waals surface area contributed by atoms with Crippen LogP contribution in [0.2, 0.25) is 15.1 Å². The zero-order chi connectivity index (χ0) is 16.8. The van der Waals surface area contributed by atoms with Gasteiger partial charge in [0.05, 0.1) is 5.02 Å². The highest BCUT2D eigenvalue weighted by atomic mass is 35.5. The Balaban J connectivity index is 1.82. The van der Waals surface area contributed by atoms with Gasteiger partial charge in [0, 0.05) is 15.7 Å². The van der Waals surface area contributed by atoms with Crippen LogP contribution in [0.25, 0.3) is 0 Å². The molecule has 0 saturated heterocycles. The molecule has 0 atom stereocenters. The lowest BCUT2D eigenvalue weighted by Crippen LogP contribution is -2.37. The molecule has 4 nitrogen and oxygen atoms in total. The largest absolute Gasteiger partial charge is 0.482 e. The Hall–Kier alpha value is -1.53. The molecule has 0 radical (unpaired) electrons. The SMILES string of the molecule is O=C(COc1ccc(Cl)cc1Cl)NC(=S)Nc1ccc(Cl)cc1. The number of ether oxygens (including phenoxy) is 1. The number of rotatable bonds is 4. The maximum atomic E-state index is 11.8. The van der Waals surface area contributed by atoms with Crippen LogP contribution in [0.15, 0.2) is 42.5 Å². The summed E-state index contributed by atoms with van der Waals surface area (Å²) in [4.78, 5) is 11.8. The molecule has 0 unspecified atom stereocenters. The molecule has 0 bridgehead atoms. The maximum absolute atomic E-state index is 11.8. The first-order valence-corrected chi connectivity index (χ1v) is 7.92. The molecule has 1 amide bonds. The molecule has 8 heteroatoms. The van der Waals surface area contributed by atoms with E-state index in [9.17, 15) is 4.79 Å². The second kappa shape index (κ2) is 8.36. The van der Waals surface area contributed by atoms with Gasteiger partial charge in [0.15, 0.2) is 11.7 Å². The molecule has 2 aromatic carbocycles. The summed E-state index contributed by atoms with van der Waals surface area (Å²) in [5.74, 6) is -0.0507. The zero-order valence-corrected chi connectivity index (χ0v) is 14.7. The number of halogens is 3. The minimum absolute atomic E-state index is 0.156. The lowest BCUT2D eigenvalue weighted by atomic mass is 10.3. The Morgan fingerprint density at radius 2 is 1.70 bits per heavy atom. The number of carbonyl (C=O) groups excluding carboxylic acids is 1. The number of nitrogens with one attached hydrogen (secondary N) is 2. The van der Waals surface area contributed by atoms with Crippen molar-refractivity contribution in [2.24, 2.45) is 0 Å². The standard InChI is InChI=1S/C15H11Cl3N2O2S/c16-9-1-4-11(5-2-9)19-15(23)20-14(21)8-22-13-6-3-10(17)7-12(13)18/h1-7H,8H2,(H2,19,20,21,23). The van der Waals surface area contributed by atoms with E-state index in [1.165, 1.54) is 6.07 Å². The van der Waals surface area contributed by atoms with E-state index in [1.54, 1.807) is 36.4 Å².